The number of hydrogen-bond donors (Lipinski definition) is 8. The summed E-state index contributed by atoms with van der Waals surface area (Å²) in [5, 5.41) is 44.3. The van der Waals surface area contributed by atoms with Crippen LogP contribution >= 0.6 is 11.8 Å². The number of phenolic OH excluding ortho intramolecular Hbond substituents is 1. The van der Waals surface area contributed by atoms with Crippen molar-refractivity contribution in [2.45, 2.75) is 56.5 Å². The lowest BCUT2D eigenvalue weighted by molar-refractivity contribution is -0.147. The van der Waals surface area contributed by atoms with E-state index in [1.165, 1.54) is 30.8 Å². The highest BCUT2D eigenvalue weighted by atomic mass is 32.2. The van der Waals surface area contributed by atoms with Gasteiger partial charge < -0.3 is 42.1 Å². The van der Waals surface area contributed by atoms with Gasteiger partial charge in [0.1, 0.15) is 23.9 Å². The van der Waals surface area contributed by atoms with Crippen LogP contribution in [-0.2, 0) is 30.4 Å². The smallest absolute Gasteiger partial charge is 0.326 e. The lowest BCUT2D eigenvalue weighted by Crippen LogP contribution is -2.60. The molecule has 3 amide bonds. The summed E-state index contributed by atoms with van der Waals surface area (Å²) >= 11 is 1.35. The first kappa shape index (κ1) is 30.7. The Morgan fingerprint density at radius 1 is 0.944 bits per heavy atom. The first-order valence-corrected chi connectivity index (χ1v) is 12.3. The lowest BCUT2D eigenvalue weighted by Gasteiger charge is -2.26. The molecular formula is C22H32N4O9S. The SMILES string of the molecule is CSCCC(NC(=O)C(NC(=O)C(N)Cc1ccc(O)cc1)C(C)O)C(=O)NC(CC(=O)O)C(=O)O. The van der Waals surface area contributed by atoms with Gasteiger partial charge in [0.15, 0.2) is 0 Å². The Hall–Kier alpha value is -3.36. The molecule has 0 radical (unpaired) electrons. The first-order valence-electron chi connectivity index (χ1n) is 10.9. The van der Waals surface area contributed by atoms with Crippen molar-refractivity contribution in [3.8, 4) is 5.75 Å². The molecule has 9 N–H and O–H groups in total. The summed E-state index contributed by atoms with van der Waals surface area (Å²) < 4.78 is 0. The maximum atomic E-state index is 12.9. The Kier molecular flexibility index (Phi) is 12.7. The fraction of sp³-hybridized carbons (Fsp3) is 0.500. The van der Waals surface area contributed by atoms with Crippen LogP contribution in [0.1, 0.15) is 25.3 Å². The molecule has 0 saturated heterocycles. The molecule has 200 valence electrons. The lowest BCUT2D eigenvalue weighted by atomic mass is 10.0. The van der Waals surface area contributed by atoms with E-state index < -0.39 is 66.4 Å². The van der Waals surface area contributed by atoms with E-state index in [1.807, 2.05) is 0 Å². The third kappa shape index (κ3) is 10.5. The molecule has 5 atom stereocenters. The fourth-order valence-corrected chi connectivity index (χ4v) is 3.53. The number of phenols is 1. The van der Waals surface area contributed by atoms with E-state index in [1.54, 1.807) is 18.4 Å². The van der Waals surface area contributed by atoms with Gasteiger partial charge in [-0.15, -0.1) is 0 Å². The third-order valence-electron chi connectivity index (χ3n) is 5.03. The second kappa shape index (κ2) is 14.9. The number of hydrogen-bond acceptors (Lipinski definition) is 9. The maximum Gasteiger partial charge on any atom is 0.326 e. The van der Waals surface area contributed by atoms with Gasteiger partial charge in [-0.05, 0) is 49.5 Å². The van der Waals surface area contributed by atoms with Gasteiger partial charge in [-0.25, -0.2) is 4.79 Å². The molecule has 14 heteroatoms. The summed E-state index contributed by atoms with van der Waals surface area (Å²) in [5.41, 5.74) is 6.57. The van der Waals surface area contributed by atoms with Crippen LogP contribution in [0.5, 0.6) is 5.75 Å². The number of rotatable bonds is 15. The molecule has 36 heavy (non-hydrogen) atoms. The van der Waals surface area contributed by atoms with E-state index in [9.17, 15) is 34.2 Å². The van der Waals surface area contributed by atoms with Gasteiger partial charge in [-0.2, -0.15) is 11.8 Å². The monoisotopic (exact) mass is 528 g/mol. The van der Waals surface area contributed by atoms with Gasteiger partial charge >= 0.3 is 11.9 Å². The molecule has 0 bridgehead atoms. The summed E-state index contributed by atoms with van der Waals surface area (Å²) in [6.07, 6.45) is -0.346. The number of carbonyl (C=O) groups is 5. The summed E-state index contributed by atoms with van der Waals surface area (Å²) in [6.45, 7) is 1.25. The molecule has 0 heterocycles. The van der Waals surface area contributed by atoms with E-state index >= 15 is 0 Å². The second-order valence-corrected chi connectivity index (χ2v) is 9.03. The van der Waals surface area contributed by atoms with Crippen molar-refractivity contribution in [3.63, 3.8) is 0 Å². The summed E-state index contributed by atoms with van der Waals surface area (Å²) in [6, 6.07) is 0.455. The standard InChI is InChI=1S/C22H32N4O9S/c1-11(27)18(26-19(31)14(23)9-12-3-5-13(28)6-4-12)21(33)24-15(7-8-36-2)20(32)25-16(22(34)35)10-17(29)30/h3-6,11,14-16,18,27-28H,7-10,23H2,1-2H3,(H,24,33)(H,25,32)(H,26,31)(H,29,30)(H,34,35). The quantitative estimate of drug-likeness (QED) is 0.129. The van der Waals surface area contributed by atoms with Crippen molar-refractivity contribution in [2.24, 2.45) is 5.73 Å². The number of nitrogens with one attached hydrogen (secondary N) is 3. The molecule has 13 nitrogen and oxygen atoms in total. The number of carboxylic acid groups (broad SMARTS) is 2. The highest BCUT2D eigenvalue weighted by Gasteiger charge is 2.32. The number of aliphatic hydroxyl groups excluding tert-OH is 1. The number of amides is 3. The molecule has 5 unspecified atom stereocenters. The number of carboxylic acids is 2. The van der Waals surface area contributed by atoms with E-state index in [0.717, 1.165) is 0 Å². The molecule has 0 aliphatic carbocycles. The Bertz CT molecular complexity index is 927. The highest BCUT2D eigenvalue weighted by molar-refractivity contribution is 7.98. The van der Waals surface area contributed by atoms with Crippen LogP contribution in [-0.4, -0.2) is 92.4 Å². The highest BCUT2D eigenvalue weighted by Crippen LogP contribution is 2.11. The molecule has 0 saturated carbocycles. The molecule has 0 aliphatic heterocycles. The van der Waals surface area contributed by atoms with E-state index in [2.05, 4.69) is 16.0 Å². The Morgan fingerprint density at radius 2 is 1.53 bits per heavy atom. The van der Waals surface area contributed by atoms with E-state index in [4.69, 9.17) is 15.9 Å². The molecule has 1 aromatic carbocycles. The molecule has 1 rings (SSSR count). The number of benzene rings is 1. The topological polar surface area (TPSA) is 228 Å². The van der Waals surface area contributed by atoms with Crippen molar-refractivity contribution >= 4 is 41.4 Å². The van der Waals surface area contributed by atoms with Gasteiger partial charge in [0.05, 0.1) is 18.6 Å². The number of nitrogens with two attached hydrogens (primary N) is 1. The van der Waals surface area contributed by atoms with Crippen LogP contribution in [0.15, 0.2) is 24.3 Å². The zero-order valence-corrected chi connectivity index (χ0v) is 20.7. The van der Waals surface area contributed by atoms with Crippen molar-refractivity contribution in [1.29, 1.82) is 0 Å². The zero-order chi connectivity index (χ0) is 27.4. The summed E-state index contributed by atoms with van der Waals surface area (Å²) in [4.78, 5) is 60.3. The number of aromatic hydroxyl groups is 1. The van der Waals surface area contributed by atoms with Crippen LogP contribution in [0.2, 0.25) is 0 Å². The van der Waals surface area contributed by atoms with Gasteiger partial charge in [0.2, 0.25) is 17.7 Å². The number of carbonyl (C=O) groups excluding carboxylic acids is 3. The minimum absolute atomic E-state index is 0.0420. The fourth-order valence-electron chi connectivity index (χ4n) is 3.06. The number of thioether (sulfide) groups is 1. The molecule has 1 aromatic rings. The minimum Gasteiger partial charge on any atom is -0.508 e. The van der Waals surface area contributed by atoms with Crippen molar-refractivity contribution in [3.05, 3.63) is 29.8 Å². The number of aliphatic hydroxyl groups is 1. The van der Waals surface area contributed by atoms with Crippen LogP contribution in [0.3, 0.4) is 0 Å². The summed E-state index contributed by atoms with van der Waals surface area (Å²) in [7, 11) is 0. The Morgan fingerprint density at radius 3 is 2.03 bits per heavy atom. The van der Waals surface area contributed by atoms with Gasteiger partial charge in [0.25, 0.3) is 0 Å². The van der Waals surface area contributed by atoms with Crippen LogP contribution in [0.4, 0.5) is 0 Å². The predicted molar refractivity (Wildman–Crippen MR) is 130 cm³/mol. The average Bonchev–Trinajstić information content (AvgIpc) is 2.80. The molecule has 0 aromatic heterocycles. The van der Waals surface area contributed by atoms with Crippen LogP contribution < -0.4 is 21.7 Å². The normalized spacial score (nSPS) is 15.0. The van der Waals surface area contributed by atoms with E-state index in [-0.39, 0.29) is 18.6 Å². The maximum absolute atomic E-state index is 12.9. The van der Waals surface area contributed by atoms with Crippen LogP contribution in [0.25, 0.3) is 0 Å². The van der Waals surface area contributed by atoms with Gasteiger partial charge in [0, 0.05) is 0 Å². The largest absolute Gasteiger partial charge is 0.508 e. The molecule has 0 fully saturated rings. The molecule has 0 aliphatic rings. The van der Waals surface area contributed by atoms with Crippen LogP contribution in [0, 0.1) is 0 Å². The van der Waals surface area contributed by atoms with Crippen molar-refractivity contribution < 1.29 is 44.4 Å². The van der Waals surface area contributed by atoms with Crippen molar-refractivity contribution in [2.75, 3.05) is 12.0 Å². The molecule has 0 spiro atoms. The Balaban J connectivity index is 2.91. The average molecular weight is 529 g/mol. The first-order chi connectivity index (χ1) is 16.8. The van der Waals surface area contributed by atoms with E-state index in [0.29, 0.717) is 11.3 Å². The van der Waals surface area contributed by atoms with Crippen molar-refractivity contribution in [1.82, 2.24) is 16.0 Å². The number of aliphatic carboxylic acids is 2. The third-order valence-corrected chi connectivity index (χ3v) is 5.67. The zero-order valence-electron chi connectivity index (χ0n) is 19.8. The second-order valence-electron chi connectivity index (χ2n) is 8.04. The Labute approximate surface area is 211 Å². The molecular weight excluding hydrogens is 496 g/mol. The minimum atomic E-state index is -1.71. The predicted octanol–water partition coefficient (Wildman–Crippen LogP) is -1.59. The van der Waals surface area contributed by atoms with Gasteiger partial charge in [-0.1, -0.05) is 12.1 Å². The summed E-state index contributed by atoms with van der Waals surface area (Å²) in [5.74, 6) is -5.15. The van der Waals surface area contributed by atoms with Gasteiger partial charge in [-0.3, -0.25) is 19.2 Å².